The van der Waals surface area contributed by atoms with Gasteiger partial charge >= 0.3 is 0 Å². The van der Waals surface area contributed by atoms with Crippen LogP contribution < -0.4 is 5.32 Å². The third kappa shape index (κ3) is 1.50. The molecule has 2 aliphatic carbocycles. The van der Waals surface area contributed by atoms with Crippen molar-refractivity contribution in [2.24, 2.45) is 0 Å². The van der Waals surface area contributed by atoms with Crippen LogP contribution in [0.4, 0.5) is 0 Å². The van der Waals surface area contributed by atoms with Crippen molar-refractivity contribution >= 4 is 0 Å². The van der Waals surface area contributed by atoms with Gasteiger partial charge in [0.05, 0.1) is 6.10 Å². The van der Waals surface area contributed by atoms with Gasteiger partial charge in [-0.15, -0.1) is 0 Å². The van der Waals surface area contributed by atoms with E-state index in [1.54, 1.807) is 0 Å². The van der Waals surface area contributed by atoms with E-state index in [1.807, 2.05) is 0 Å². The van der Waals surface area contributed by atoms with E-state index >= 15 is 0 Å². The summed E-state index contributed by atoms with van der Waals surface area (Å²) >= 11 is 0. The number of hydrogen-bond donors (Lipinski definition) is 2. The van der Waals surface area contributed by atoms with Gasteiger partial charge in [0.15, 0.2) is 0 Å². The van der Waals surface area contributed by atoms with Gasteiger partial charge in [-0.05, 0) is 45.4 Å². The zero-order valence-corrected chi connectivity index (χ0v) is 7.84. The first-order valence-corrected chi connectivity index (χ1v) is 5.15. The highest BCUT2D eigenvalue weighted by molar-refractivity contribution is 4.96. The molecule has 2 aliphatic rings. The van der Waals surface area contributed by atoms with E-state index in [0.717, 1.165) is 12.8 Å². The number of rotatable bonds is 2. The maximum absolute atomic E-state index is 9.61. The minimum absolute atomic E-state index is 0.0811. The monoisotopic (exact) mass is 169 g/mol. The van der Waals surface area contributed by atoms with Crippen LogP contribution in [-0.4, -0.2) is 22.8 Å². The molecule has 70 valence electrons. The van der Waals surface area contributed by atoms with Crippen molar-refractivity contribution in [3.63, 3.8) is 0 Å². The molecule has 2 rings (SSSR count). The normalized spacial score (nSPS) is 39.5. The number of aliphatic hydroxyl groups is 1. The Morgan fingerprint density at radius 1 is 1.25 bits per heavy atom. The van der Waals surface area contributed by atoms with E-state index in [4.69, 9.17) is 0 Å². The largest absolute Gasteiger partial charge is 0.392 e. The summed E-state index contributed by atoms with van der Waals surface area (Å²) in [6, 6.07) is 0.385. The predicted octanol–water partition coefficient (Wildman–Crippen LogP) is 1.43. The molecule has 0 radical (unpaired) electrons. The van der Waals surface area contributed by atoms with Crippen LogP contribution >= 0.6 is 0 Å². The third-order valence-corrected chi connectivity index (χ3v) is 3.47. The van der Waals surface area contributed by atoms with E-state index < -0.39 is 0 Å². The summed E-state index contributed by atoms with van der Waals surface area (Å²) in [6.45, 7) is 2.28. The Morgan fingerprint density at radius 3 is 2.42 bits per heavy atom. The summed E-state index contributed by atoms with van der Waals surface area (Å²) in [5.41, 5.74) is 0.357. The molecule has 0 saturated heterocycles. The van der Waals surface area contributed by atoms with Crippen molar-refractivity contribution in [1.29, 1.82) is 0 Å². The Kier molecular flexibility index (Phi) is 2.13. The Bertz CT molecular complexity index is 165. The molecule has 2 saturated carbocycles. The van der Waals surface area contributed by atoms with Crippen LogP contribution in [0.1, 0.15) is 45.4 Å². The molecule has 12 heavy (non-hydrogen) atoms. The van der Waals surface area contributed by atoms with Crippen molar-refractivity contribution in [3.8, 4) is 0 Å². The first-order valence-electron chi connectivity index (χ1n) is 5.15. The van der Waals surface area contributed by atoms with Crippen LogP contribution in [0.5, 0.6) is 0 Å². The van der Waals surface area contributed by atoms with Gasteiger partial charge in [0, 0.05) is 11.6 Å². The maximum Gasteiger partial charge on any atom is 0.0693 e. The van der Waals surface area contributed by atoms with Crippen LogP contribution in [-0.2, 0) is 0 Å². The SMILES string of the molecule is CC1(N[C@@H]2CCC[C@H]2O)CCC1. The van der Waals surface area contributed by atoms with Gasteiger partial charge in [0.2, 0.25) is 0 Å². The van der Waals surface area contributed by atoms with Gasteiger partial charge in [0.25, 0.3) is 0 Å². The highest BCUT2D eigenvalue weighted by Gasteiger charge is 2.36. The van der Waals surface area contributed by atoms with E-state index in [1.165, 1.54) is 25.7 Å². The fourth-order valence-corrected chi connectivity index (χ4v) is 2.41. The molecular weight excluding hydrogens is 150 g/mol. The predicted molar refractivity (Wildman–Crippen MR) is 49.0 cm³/mol. The van der Waals surface area contributed by atoms with Gasteiger partial charge in [-0.2, -0.15) is 0 Å². The van der Waals surface area contributed by atoms with Crippen LogP contribution in [0.2, 0.25) is 0 Å². The van der Waals surface area contributed by atoms with Crippen molar-refractivity contribution in [2.75, 3.05) is 0 Å². The number of aliphatic hydroxyl groups excluding tert-OH is 1. The molecular formula is C10H19NO. The minimum atomic E-state index is -0.0811. The van der Waals surface area contributed by atoms with Gasteiger partial charge in [-0.25, -0.2) is 0 Å². The second-order valence-electron chi connectivity index (χ2n) is 4.66. The summed E-state index contributed by atoms with van der Waals surface area (Å²) in [5, 5.41) is 13.2. The zero-order valence-electron chi connectivity index (χ0n) is 7.84. The molecule has 0 amide bonds. The van der Waals surface area contributed by atoms with Gasteiger partial charge in [0.1, 0.15) is 0 Å². The Labute approximate surface area is 74.4 Å². The van der Waals surface area contributed by atoms with Crippen LogP contribution in [0.3, 0.4) is 0 Å². The zero-order chi connectivity index (χ0) is 8.60. The molecule has 0 spiro atoms. The second-order valence-corrected chi connectivity index (χ2v) is 4.66. The Hall–Kier alpha value is -0.0800. The van der Waals surface area contributed by atoms with E-state index in [2.05, 4.69) is 12.2 Å². The van der Waals surface area contributed by atoms with Crippen molar-refractivity contribution in [2.45, 2.75) is 63.1 Å². The van der Waals surface area contributed by atoms with Crippen LogP contribution in [0.25, 0.3) is 0 Å². The minimum Gasteiger partial charge on any atom is -0.392 e. The number of hydrogen-bond acceptors (Lipinski definition) is 2. The molecule has 0 aromatic rings. The van der Waals surface area contributed by atoms with Gasteiger partial charge in [-0.3, -0.25) is 0 Å². The molecule has 2 heteroatoms. The first-order chi connectivity index (χ1) is 5.70. The molecule has 2 atom stereocenters. The highest BCUT2D eigenvalue weighted by Crippen LogP contribution is 2.33. The Morgan fingerprint density at radius 2 is 2.00 bits per heavy atom. The van der Waals surface area contributed by atoms with Crippen molar-refractivity contribution in [3.05, 3.63) is 0 Å². The first kappa shape index (κ1) is 8.52. The van der Waals surface area contributed by atoms with Crippen molar-refractivity contribution in [1.82, 2.24) is 5.32 Å². The lowest BCUT2D eigenvalue weighted by Crippen LogP contribution is -2.54. The molecule has 2 N–H and O–H groups in total. The molecule has 0 aromatic heterocycles. The van der Waals surface area contributed by atoms with Crippen LogP contribution in [0.15, 0.2) is 0 Å². The molecule has 0 bridgehead atoms. The van der Waals surface area contributed by atoms with Crippen LogP contribution in [0, 0.1) is 0 Å². The van der Waals surface area contributed by atoms with E-state index in [-0.39, 0.29) is 6.10 Å². The summed E-state index contributed by atoms with van der Waals surface area (Å²) < 4.78 is 0. The molecule has 0 unspecified atom stereocenters. The molecule has 0 aliphatic heterocycles. The van der Waals surface area contributed by atoms with Crippen molar-refractivity contribution < 1.29 is 5.11 Å². The summed E-state index contributed by atoms with van der Waals surface area (Å²) in [5.74, 6) is 0. The quantitative estimate of drug-likeness (QED) is 0.655. The smallest absolute Gasteiger partial charge is 0.0693 e. The highest BCUT2D eigenvalue weighted by atomic mass is 16.3. The molecule has 0 aromatic carbocycles. The lowest BCUT2D eigenvalue weighted by Gasteiger charge is -2.42. The molecule has 2 nitrogen and oxygen atoms in total. The summed E-state index contributed by atoms with van der Waals surface area (Å²) in [7, 11) is 0. The fraction of sp³-hybridized carbons (Fsp3) is 1.00. The number of nitrogens with one attached hydrogen (secondary N) is 1. The second kappa shape index (κ2) is 3.00. The maximum atomic E-state index is 9.61. The van der Waals surface area contributed by atoms with E-state index in [9.17, 15) is 5.11 Å². The molecule has 0 heterocycles. The van der Waals surface area contributed by atoms with Gasteiger partial charge in [-0.1, -0.05) is 0 Å². The van der Waals surface area contributed by atoms with Gasteiger partial charge < -0.3 is 10.4 Å². The lowest BCUT2D eigenvalue weighted by molar-refractivity contribution is 0.103. The average Bonchev–Trinajstić information content (AvgIpc) is 2.34. The summed E-state index contributed by atoms with van der Waals surface area (Å²) in [4.78, 5) is 0. The van der Waals surface area contributed by atoms with E-state index in [0.29, 0.717) is 11.6 Å². The third-order valence-electron chi connectivity index (χ3n) is 3.47. The summed E-state index contributed by atoms with van der Waals surface area (Å²) in [6.07, 6.45) is 7.19. The topological polar surface area (TPSA) is 32.3 Å². The standard InChI is InChI=1S/C10H19NO/c1-10(6-3-7-10)11-8-4-2-5-9(8)12/h8-9,11-12H,2-7H2,1H3/t8-,9-/m1/s1. The molecule has 2 fully saturated rings. The Balaban J connectivity index is 1.85. The lowest BCUT2D eigenvalue weighted by atomic mass is 9.78. The fourth-order valence-electron chi connectivity index (χ4n) is 2.41. The average molecular weight is 169 g/mol.